The van der Waals surface area contributed by atoms with Gasteiger partial charge in [0.1, 0.15) is 5.82 Å². The first kappa shape index (κ1) is 29.7. The summed E-state index contributed by atoms with van der Waals surface area (Å²) < 4.78 is 13.1. The van der Waals surface area contributed by atoms with Crippen LogP contribution in [0.15, 0.2) is 55.1 Å². The van der Waals surface area contributed by atoms with Crippen molar-refractivity contribution in [3.05, 3.63) is 77.7 Å². The van der Waals surface area contributed by atoms with Crippen molar-refractivity contribution in [3.63, 3.8) is 0 Å². The summed E-state index contributed by atoms with van der Waals surface area (Å²) in [5.74, 6) is 0.360. The maximum Gasteiger partial charge on any atom is 0.123 e. The van der Waals surface area contributed by atoms with Crippen LogP contribution in [-0.4, -0.2) is 4.98 Å². The van der Waals surface area contributed by atoms with Crippen molar-refractivity contribution in [2.45, 2.75) is 93.4 Å². The van der Waals surface area contributed by atoms with Crippen molar-refractivity contribution in [2.24, 2.45) is 0 Å². The van der Waals surface area contributed by atoms with Crippen LogP contribution in [0.1, 0.15) is 103 Å². The zero-order valence-corrected chi connectivity index (χ0v) is 21.8. The fourth-order valence-corrected chi connectivity index (χ4v) is 3.41. The van der Waals surface area contributed by atoms with Gasteiger partial charge in [0.15, 0.2) is 0 Å². The molecule has 1 unspecified atom stereocenters. The molecular weight excluding hydrogens is 393 g/mol. The van der Waals surface area contributed by atoms with E-state index in [0.29, 0.717) is 5.92 Å². The molecule has 0 saturated heterocycles. The van der Waals surface area contributed by atoms with E-state index in [1.807, 2.05) is 33.8 Å². The number of fused-ring (bicyclic) bond motifs is 1. The van der Waals surface area contributed by atoms with Gasteiger partial charge >= 0.3 is 0 Å². The number of hydrogen-bond acceptors (Lipinski definition) is 0. The van der Waals surface area contributed by atoms with Gasteiger partial charge in [-0.2, -0.15) is 0 Å². The Hall–Kier alpha value is -2.35. The number of H-pyrrole nitrogens is 1. The molecule has 178 valence electrons. The van der Waals surface area contributed by atoms with Crippen LogP contribution in [0.25, 0.3) is 16.5 Å². The molecule has 1 heterocycles. The van der Waals surface area contributed by atoms with E-state index in [1.54, 1.807) is 6.07 Å². The normalized spacial score (nSPS) is 10.7. The van der Waals surface area contributed by atoms with Gasteiger partial charge in [-0.05, 0) is 66.6 Å². The van der Waals surface area contributed by atoms with Gasteiger partial charge in [0, 0.05) is 16.6 Å². The number of rotatable bonds is 7. The Kier molecular flexibility index (Phi) is 16.0. The van der Waals surface area contributed by atoms with Crippen LogP contribution in [0, 0.1) is 12.7 Å². The summed E-state index contributed by atoms with van der Waals surface area (Å²) in [4.78, 5) is 3.38. The third-order valence-electron chi connectivity index (χ3n) is 5.33. The molecule has 0 aliphatic rings. The van der Waals surface area contributed by atoms with E-state index in [1.165, 1.54) is 54.1 Å². The Balaban J connectivity index is 0.000000555. The Morgan fingerprint density at radius 1 is 0.969 bits per heavy atom. The number of aryl methyl sites for hydroxylation is 1. The highest BCUT2D eigenvalue weighted by Crippen LogP contribution is 2.25. The standard InChI is InChI=1S/C15H20FN.C11H14.2C2H6/c1-3-4-5-6-11(2)15-10-12-9-13(16)7-8-14(12)17-15;1-4-9(2)11-8-6-5-7-10(11)3;2*1-2/h7-11,17H,3-6H2,1-2H3;5-8H,2,4H2,1,3H3;2*1-2H3. The quantitative estimate of drug-likeness (QED) is 0.352. The van der Waals surface area contributed by atoms with Crippen LogP contribution in [0.4, 0.5) is 4.39 Å². The van der Waals surface area contributed by atoms with Crippen molar-refractivity contribution in [1.82, 2.24) is 4.98 Å². The van der Waals surface area contributed by atoms with Crippen LogP contribution in [0.5, 0.6) is 0 Å². The lowest BCUT2D eigenvalue weighted by Crippen LogP contribution is -1.93. The predicted octanol–water partition coefficient (Wildman–Crippen LogP) is 10.5. The Bertz CT molecular complexity index is 891. The molecule has 32 heavy (non-hydrogen) atoms. The zero-order valence-electron chi connectivity index (χ0n) is 21.8. The number of hydrogen-bond donors (Lipinski definition) is 1. The van der Waals surface area contributed by atoms with E-state index in [9.17, 15) is 4.39 Å². The van der Waals surface area contributed by atoms with Crippen LogP contribution >= 0.6 is 0 Å². The topological polar surface area (TPSA) is 15.8 Å². The predicted molar refractivity (Wildman–Crippen MR) is 144 cm³/mol. The van der Waals surface area contributed by atoms with E-state index >= 15 is 0 Å². The molecular formula is C30H46FN. The first-order valence-electron chi connectivity index (χ1n) is 12.5. The van der Waals surface area contributed by atoms with E-state index in [-0.39, 0.29) is 5.82 Å². The largest absolute Gasteiger partial charge is 0.358 e. The zero-order chi connectivity index (χ0) is 24.5. The number of nitrogens with one attached hydrogen (secondary N) is 1. The molecule has 1 nitrogen and oxygen atoms in total. The molecule has 3 aromatic rings. The van der Waals surface area contributed by atoms with Gasteiger partial charge in [0.25, 0.3) is 0 Å². The third-order valence-corrected chi connectivity index (χ3v) is 5.33. The summed E-state index contributed by atoms with van der Waals surface area (Å²) in [6, 6.07) is 15.3. The average molecular weight is 440 g/mol. The lowest BCUT2D eigenvalue weighted by Gasteiger charge is -2.08. The second-order valence-corrected chi connectivity index (χ2v) is 7.63. The van der Waals surface area contributed by atoms with Gasteiger partial charge < -0.3 is 4.98 Å². The molecule has 0 spiro atoms. The molecule has 1 atom stereocenters. The van der Waals surface area contributed by atoms with Crippen LogP contribution in [0.3, 0.4) is 0 Å². The van der Waals surface area contributed by atoms with E-state index < -0.39 is 0 Å². The van der Waals surface area contributed by atoms with Gasteiger partial charge in [-0.3, -0.25) is 0 Å². The molecule has 1 N–H and O–H groups in total. The molecule has 1 aromatic heterocycles. The second-order valence-electron chi connectivity index (χ2n) is 7.63. The number of allylic oxidation sites excluding steroid dienone is 1. The number of aromatic nitrogens is 1. The molecule has 0 saturated carbocycles. The molecule has 2 aromatic carbocycles. The van der Waals surface area contributed by atoms with E-state index in [2.05, 4.69) is 69.6 Å². The van der Waals surface area contributed by atoms with Gasteiger partial charge in [-0.15, -0.1) is 0 Å². The van der Waals surface area contributed by atoms with Gasteiger partial charge in [0.2, 0.25) is 0 Å². The summed E-state index contributed by atoms with van der Waals surface area (Å²) >= 11 is 0. The van der Waals surface area contributed by atoms with E-state index in [0.717, 1.165) is 17.3 Å². The van der Waals surface area contributed by atoms with Crippen LogP contribution in [0.2, 0.25) is 0 Å². The molecule has 0 amide bonds. The van der Waals surface area contributed by atoms with Crippen molar-refractivity contribution >= 4 is 16.5 Å². The van der Waals surface area contributed by atoms with Crippen molar-refractivity contribution in [2.75, 3.05) is 0 Å². The van der Waals surface area contributed by atoms with Crippen molar-refractivity contribution in [1.29, 1.82) is 0 Å². The molecule has 0 radical (unpaired) electrons. The first-order chi connectivity index (χ1) is 15.5. The Morgan fingerprint density at radius 3 is 2.22 bits per heavy atom. The molecule has 0 fully saturated rings. The lowest BCUT2D eigenvalue weighted by molar-refractivity contribution is 0.591. The third kappa shape index (κ3) is 9.85. The highest BCUT2D eigenvalue weighted by molar-refractivity contribution is 5.80. The Morgan fingerprint density at radius 2 is 1.62 bits per heavy atom. The average Bonchev–Trinajstić information content (AvgIpc) is 3.25. The highest BCUT2D eigenvalue weighted by atomic mass is 19.1. The number of unbranched alkanes of at least 4 members (excludes halogenated alkanes) is 2. The molecule has 0 aliphatic carbocycles. The maximum absolute atomic E-state index is 13.1. The molecule has 0 aliphatic heterocycles. The lowest BCUT2D eigenvalue weighted by atomic mass is 10.00. The SMILES string of the molecule is C=C(CC)c1ccccc1C.CC.CC.CCCCCC(C)c1cc2cc(F)ccc2[nH]1. The summed E-state index contributed by atoms with van der Waals surface area (Å²) in [5, 5.41) is 0.974. The van der Waals surface area contributed by atoms with Gasteiger partial charge in [-0.1, -0.05) is 98.6 Å². The maximum atomic E-state index is 13.1. The molecule has 3 rings (SSSR count). The molecule has 0 bridgehead atoms. The minimum Gasteiger partial charge on any atom is -0.358 e. The number of halogens is 1. The van der Waals surface area contributed by atoms with Crippen molar-refractivity contribution in [3.8, 4) is 0 Å². The van der Waals surface area contributed by atoms with Crippen LogP contribution < -0.4 is 0 Å². The van der Waals surface area contributed by atoms with Gasteiger partial charge in [-0.25, -0.2) is 4.39 Å². The van der Waals surface area contributed by atoms with E-state index in [4.69, 9.17) is 0 Å². The minimum absolute atomic E-state index is 0.165. The highest BCUT2D eigenvalue weighted by Gasteiger charge is 2.09. The Labute approximate surface area is 197 Å². The summed E-state index contributed by atoms with van der Waals surface area (Å²) in [6.45, 7) is 20.7. The number of benzene rings is 2. The number of aromatic amines is 1. The van der Waals surface area contributed by atoms with Gasteiger partial charge in [0.05, 0.1) is 0 Å². The summed E-state index contributed by atoms with van der Waals surface area (Å²) in [6.07, 6.45) is 6.04. The fraction of sp³-hybridized carbons (Fsp3) is 0.467. The second kappa shape index (κ2) is 17.2. The summed E-state index contributed by atoms with van der Waals surface area (Å²) in [5.41, 5.74) is 6.10. The minimum atomic E-state index is -0.165. The van der Waals surface area contributed by atoms with Crippen LogP contribution in [-0.2, 0) is 0 Å². The first-order valence-corrected chi connectivity index (χ1v) is 12.5. The smallest absolute Gasteiger partial charge is 0.123 e. The summed E-state index contributed by atoms with van der Waals surface area (Å²) in [7, 11) is 0. The monoisotopic (exact) mass is 439 g/mol. The molecule has 2 heteroatoms. The fourth-order valence-electron chi connectivity index (χ4n) is 3.41. The van der Waals surface area contributed by atoms with Crippen molar-refractivity contribution < 1.29 is 4.39 Å².